The lowest BCUT2D eigenvalue weighted by Gasteiger charge is -2.16. The standard InChI is InChI=1S/C24H20F4N2O2S/c1-2-21(23(32)30-18-6-3-5-16(13-18)24(26,27)28)33-20-8-4-7-19(14-20)29-22(31)15-9-11-17(25)12-10-15/h3-14,21H,2H2,1H3,(H,29,31)(H,30,32). The first kappa shape index (κ1) is 24.3. The molecule has 0 saturated heterocycles. The number of anilines is 2. The third kappa shape index (κ3) is 6.82. The summed E-state index contributed by atoms with van der Waals surface area (Å²) in [6, 6.07) is 16.4. The van der Waals surface area contributed by atoms with Crippen molar-refractivity contribution in [3.05, 3.63) is 89.7 Å². The molecule has 0 fully saturated rings. The highest BCUT2D eigenvalue weighted by Crippen LogP contribution is 2.32. The zero-order valence-electron chi connectivity index (χ0n) is 17.4. The van der Waals surface area contributed by atoms with Crippen molar-refractivity contribution in [2.24, 2.45) is 0 Å². The fraction of sp³-hybridized carbons (Fsp3) is 0.167. The minimum atomic E-state index is -4.50. The van der Waals surface area contributed by atoms with Crippen molar-refractivity contribution in [1.29, 1.82) is 0 Å². The topological polar surface area (TPSA) is 58.2 Å². The molecule has 0 saturated carbocycles. The first-order valence-electron chi connectivity index (χ1n) is 9.97. The number of hydrogen-bond donors (Lipinski definition) is 2. The first-order valence-corrected chi connectivity index (χ1v) is 10.9. The predicted molar refractivity (Wildman–Crippen MR) is 121 cm³/mol. The zero-order valence-corrected chi connectivity index (χ0v) is 18.3. The number of alkyl halides is 3. The fourth-order valence-corrected chi connectivity index (χ4v) is 3.95. The van der Waals surface area contributed by atoms with E-state index in [0.717, 1.165) is 12.1 Å². The highest BCUT2D eigenvalue weighted by Gasteiger charge is 2.30. The molecule has 33 heavy (non-hydrogen) atoms. The summed E-state index contributed by atoms with van der Waals surface area (Å²) in [6.45, 7) is 1.80. The van der Waals surface area contributed by atoms with Crippen LogP contribution in [0.15, 0.2) is 77.7 Å². The second-order valence-electron chi connectivity index (χ2n) is 7.07. The van der Waals surface area contributed by atoms with Crippen molar-refractivity contribution in [3.63, 3.8) is 0 Å². The van der Waals surface area contributed by atoms with Gasteiger partial charge >= 0.3 is 6.18 Å². The lowest BCUT2D eigenvalue weighted by molar-refractivity contribution is -0.137. The maximum absolute atomic E-state index is 13.0. The minimum Gasteiger partial charge on any atom is -0.325 e. The van der Waals surface area contributed by atoms with E-state index < -0.39 is 34.6 Å². The summed E-state index contributed by atoms with van der Waals surface area (Å²) < 4.78 is 51.8. The van der Waals surface area contributed by atoms with Gasteiger partial charge in [0, 0.05) is 21.8 Å². The van der Waals surface area contributed by atoms with Gasteiger partial charge < -0.3 is 10.6 Å². The van der Waals surface area contributed by atoms with Gasteiger partial charge in [0.25, 0.3) is 5.91 Å². The van der Waals surface area contributed by atoms with Crippen molar-refractivity contribution >= 4 is 35.0 Å². The van der Waals surface area contributed by atoms with Crippen molar-refractivity contribution in [2.45, 2.75) is 29.7 Å². The molecule has 9 heteroatoms. The molecule has 3 aromatic rings. The summed E-state index contributed by atoms with van der Waals surface area (Å²) in [5, 5.41) is 4.69. The molecule has 2 amide bonds. The van der Waals surface area contributed by atoms with E-state index in [-0.39, 0.29) is 5.69 Å². The van der Waals surface area contributed by atoms with E-state index in [0.29, 0.717) is 22.6 Å². The van der Waals surface area contributed by atoms with Gasteiger partial charge in [0.15, 0.2) is 0 Å². The quantitative estimate of drug-likeness (QED) is 0.298. The summed E-state index contributed by atoms with van der Waals surface area (Å²) in [6.07, 6.45) is -4.07. The van der Waals surface area contributed by atoms with E-state index in [1.807, 2.05) is 0 Å². The number of carbonyl (C=O) groups is 2. The van der Waals surface area contributed by atoms with Gasteiger partial charge in [0.1, 0.15) is 5.82 Å². The van der Waals surface area contributed by atoms with Gasteiger partial charge in [-0.1, -0.05) is 19.1 Å². The molecule has 0 aromatic heterocycles. The normalized spacial score (nSPS) is 12.2. The van der Waals surface area contributed by atoms with E-state index in [1.165, 1.54) is 48.2 Å². The Morgan fingerprint density at radius 1 is 0.909 bits per heavy atom. The number of halogens is 4. The maximum atomic E-state index is 13.0. The molecule has 4 nitrogen and oxygen atoms in total. The van der Waals surface area contributed by atoms with Crippen LogP contribution in [0, 0.1) is 5.82 Å². The summed E-state index contributed by atoms with van der Waals surface area (Å²) >= 11 is 1.23. The number of carbonyl (C=O) groups excluding carboxylic acids is 2. The van der Waals surface area contributed by atoms with Crippen LogP contribution in [0.1, 0.15) is 29.3 Å². The zero-order chi connectivity index (χ0) is 24.0. The molecule has 2 N–H and O–H groups in total. The molecule has 0 aliphatic heterocycles. The lowest BCUT2D eigenvalue weighted by atomic mass is 10.2. The molecule has 0 heterocycles. The number of thioether (sulfide) groups is 1. The molecular weight excluding hydrogens is 456 g/mol. The number of rotatable bonds is 7. The Bertz CT molecular complexity index is 1130. The second kappa shape index (κ2) is 10.5. The van der Waals surface area contributed by atoms with Crippen LogP contribution >= 0.6 is 11.8 Å². The van der Waals surface area contributed by atoms with Crippen LogP contribution in [0.2, 0.25) is 0 Å². The van der Waals surface area contributed by atoms with Crippen molar-refractivity contribution in [1.82, 2.24) is 0 Å². The highest BCUT2D eigenvalue weighted by molar-refractivity contribution is 8.00. The van der Waals surface area contributed by atoms with Crippen LogP contribution in [0.25, 0.3) is 0 Å². The Balaban J connectivity index is 1.67. The number of amides is 2. The van der Waals surface area contributed by atoms with Gasteiger partial charge in [-0.2, -0.15) is 13.2 Å². The Morgan fingerprint density at radius 3 is 2.18 bits per heavy atom. The predicted octanol–water partition coefficient (Wildman–Crippen LogP) is 6.61. The smallest absolute Gasteiger partial charge is 0.325 e. The van der Waals surface area contributed by atoms with Gasteiger partial charge in [0.05, 0.1) is 10.8 Å². The van der Waals surface area contributed by atoms with Crippen LogP contribution in [0.4, 0.5) is 28.9 Å². The molecule has 0 radical (unpaired) electrons. The molecule has 0 aliphatic rings. The Morgan fingerprint density at radius 2 is 1.55 bits per heavy atom. The first-order chi connectivity index (χ1) is 15.7. The van der Waals surface area contributed by atoms with E-state index in [1.54, 1.807) is 31.2 Å². The Labute approximate surface area is 192 Å². The third-order valence-electron chi connectivity index (χ3n) is 4.60. The van der Waals surface area contributed by atoms with E-state index in [9.17, 15) is 27.2 Å². The van der Waals surface area contributed by atoms with E-state index >= 15 is 0 Å². The monoisotopic (exact) mass is 476 g/mol. The van der Waals surface area contributed by atoms with Crippen molar-refractivity contribution in [3.8, 4) is 0 Å². The van der Waals surface area contributed by atoms with Gasteiger partial charge in [-0.3, -0.25) is 9.59 Å². The van der Waals surface area contributed by atoms with E-state index in [2.05, 4.69) is 10.6 Å². The van der Waals surface area contributed by atoms with Crippen LogP contribution in [0.3, 0.4) is 0 Å². The average molecular weight is 476 g/mol. The minimum absolute atomic E-state index is 0.0641. The number of nitrogens with one attached hydrogen (secondary N) is 2. The fourth-order valence-electron chi connectivity index (χ4n) is 2.93. The van der Waals surface area contributed by atoms with Gasteiger partial charge in [-0.15, -0.1) is 11.8 Å². The summed E-state index contributed by atoms with van der Waals surface area (Å²) in [5.74, 6) is -1.28. The average Bonchev–Trinajstić information content (AvgIpc) is 2.77. The summed E-state index contributed by atoms with van der Waals surface area (Å²) in [5.41, 5.74) is 0.00334. The lowest BCUT2D eigenvalue weighted by Crippen LogP contribution is -2.24. The Hall–Kier alpha value is -3.33. The van der Waals surface area contributed by atoms with Crippen LogP contribution in [0.5, 0.6) is 0 Å². The molecule has 0 bridgehead atoms. The number of benzene rings is 3. The molecule has 0 aliphatic carbocycles. The molecule has 1 unspecified atom stereocenters. The largest absolute Gasteiger partial charge is 0.416 e. The third-order valence-corrected chi connectivity index (χ3v) is 5.96. The number of hydrogen-bond acceptors (Lipinski definition) is 3. The highest BCUT2D eigenvalue weighted by atomic mass is 32.2. The molecule has 3 aromatic carbocycles. The second-order valence-corrected chi connectivity index (χ2v) is 8.35. The van der Waals surface area contributed by atoms with Crippen molar-refractivity contribution < 1.29 is 27.2 Å². The molecule has 1 atom stereocenters. The van der Waals surface area contributed by atoms with Crippen molar-refractivity contribution in [2.75, 3.05) is 10.6 Å². The van der Waals surface area contributed by atoms with Gasteiger partial charge in [-0.25, -0.2) is 4.39 Å². The molecule has 3 rings (SSSR count). The van der Waals surface area contributed by atoms with Crippen LogP contribution in [-0.2, 0) is 11.0 Å². The Kier molecular flexibility index (Phi) is 7.75. The van der Waals surface area contributed by atoms with Crippen LogP contribution in [-0.4, -0.2) is 17.1 Å². The van der Waals surface area contributed by atoms with Gasteiger partial charge in [-0.05, 0) is 67.1 Å². The maximum Gasteiger partial charge on any atom is 0.416 e. The van der Waals surface area contributed by atoms with Crippen LogP contribution < -0.4 is 10.6 Å². The van der Waals surface area contributed by atoms with E-state index in [4.69, 9.17) is 0 Å². The van der Waals surface area contributed by atoms with Gasteiger partial charge in [0.2, 0.25) is 5.91 Å². The molecule has 0 spiro atoms. The summed E-state index contributed by atoms with van der Waals surface area (Å²) in [4.78, 5) is 25.7. The SMILES string of the molecule is CCC(Sc1cccc(NC(=O)c2ccc(F)cc2)c1)C(=O)Nc1cccc(C(F)(F)F)c1. The molecular formula is C24H20F4N2O2S. The molecule has 172 valence electrons. The summed E-state index contributed by atoms with van der Waals surface area (Å²) in [7, 11) is 0.